The van der Waals surface area contributed by atoms with Crippen molar-refractivity contribution in [2.24, 2.45) is 0 Å². The summed E-state index contributed by atoms with van der Waals surface area (Å²) in [6.45, 7) is 15.4. The van der Waals surface area contributed by atoms with Gasteiger partial charge in [-0.15, -0.1) is 11.3 Å². The van der Waals surface area contributed by atoms with Crippen LogP contribution in [0.25, 0.3) is 0 Å². The fourth-order valence-corrected chi connectivity index (χ4v) is 3.17. The maximum atomic E-state index is 11.6. The number of hydrogen-bond donors (Lipinski definition) is 2. The van der Waals surface area contributed by atoms with Crippen LogP contribution in [0, 0.1) is 6.92 Å². The van der Waals surface area contributed by atoms with Gasteiger partial charge in [0, 0.05) is 35.3 Å². The summed E-state index contributed by atoms with van der Waals surface area (Å²) in [5.41, 5.74) is 1.18. The Kier molecular flexibility index (Phi) is 6.35. The molecule has 0 fully saturated rings. The molecule has 2 N–H and O–H groups in total. The van der Waals surface area contributed by atoms with E-state index in [0.29, 0.717) is 13.0 Å². The second-order valence-electron chi connectivity index (χ2n) is 6.87. The third kappa shape index (κ3) is 5.75. The molecule has 0 bridgehead atoms. The van der Waals surface area contributed by atoms with Gasteiger partial charge >= 0.3 is 0 Å². The summed E-state index contributed by atoms with van der Waals surface area (Å²) in [5, 5.41) is 7.49. The first kappa shape index (κ1) is 18.1. The smallest absolute Gasteiger partial charge is 0.221 e. The monoisotopic (exact) mass is 311 g/mol. The number of aromatic nitrogens is 1. The Morgan fingerprint density at radius 3 is 2.38 bits per heavy atom. The van der Waals surface area contributed by atoms with Gasteiger partial charge in [0.2, 0.25) is 5.91 Å². The molecule has 1 aromatic heterocycles. The van der Waals surface area contributed by atoms with Gasteiger partial charge in [-0.1, -0.05) is 20.8 Å². The topological polar surface area (TPSA) is 54.0 Å². The Hall–Kier alpha value is -0.940. The molecule has 1 atom stereocenters. The van der Waals surface area contributed by atoms with E-state index < -0.39 is 0 Å². The van der Waals surface area contributed by atoms with Crippen molar-refractivity contribution in [3.8, 4) is 0 Å². The lowest BCUT2D eigenvalue weighted by atomic mass is 9.98. The van der Waals surface area contributed by atoms with Gasteiger partial charge < -0.3 is 10.6 Å². The third-order valence-electron chi connectivity index (χ3n) is 3.12. The van der Waals surface area contributed by atoms with Gasteiger partial charge in [-0.3, -0.25) is 4.79 Å². The van der Waals surface area contributed by atoms with Crippen LogP contribution in [-0.4, -0.2) is 23.5 Å². The van der Waals surface area contributed by atoms with Gasteiger partial charge in [0.1, 0.15) is 0 Å². The van der Waals surface area contributed by atoms with Crippen LogP contribution in [-0.2, 0) is 10.2 Å². The maximum absolute atomic E-state index is 11.6. The van der Waals surface area contributed by atoms with E-state index >= 15 is 0 Å². The maximum Gasteiger partial charge on any atom is 0.221 e. The molecule has 0 spiro atoms. The lowest BCUT2D eigenvalue weighted by molar-refractivity contribution is -0.121. The molecule has 21 heavy (non-hydrogen) atoms. The SMILES string of the molecule is Cc1nc(C(C)(C)C)sc1C(C)NCCC(=O)NC(C)C. The molecule has 120 valence electrons. The first-order chi connectivity index (χ1) is 9.61. The first-order valence-corrected chi connectivity index (χ1v) is 8.43. The van der Waals surface area contributed by atoms with E-state index in [1.165, 1.54) is 9.88 Å². The van der Waals surface area contributed by atoms with Crippen LogP contribution >= 0.6 is 11.3 Å². The predicted octanol–water partition coefficient (Wildman–Crippen LogP) is 3.31. The quantitative estimate of drug-likeness (QED) is 0.847. The van der Waals surface area contributed by atoms with E-state index in [1.54, 1.807) is 11.3 Å². The normalized spacial score (nSPS) is 13.5. The Balaban J connectivity index is 2.55. The Morgan fingerprint density at radius 1 is 1.29 bits per heavy atom. The zero-order valence-electron chi connectivity index (χ0n) is 14.3. The predicted molar refractivity (Wildman–Crippen MR) is 89.9 cm³/mol. The number of nitrogens with zero attached hydrogens (tertiary/aromatic N) is 1. The lowest BCUT2D eigenvalue weighted by Gasteiger charge is -2.15. The molecule has 1 amide bonds. The van der Waals surface area contributed by atoms with Crippen LogP contribution in [0.1, 0.15) is 69.6 Å². The molecule has 0 saturated heterocycles. The van der Waals surface area contributed by atoms with Crippen LogP contribution in [0.15, 0.2) is 0 Å². The molecule has 0 saturated carbocycles. The van der Waals surface area contributed by atoms with Crippen molar-refractivity contribution in [2.75, 3.05) is 6.54 Å². The molecule has 0 aromatic carbocycles. The van der Waals surface area contributed by atoms with Crippen molar-refractivity contribution in [1.82, 2.24) is 15.6 Å². The average Bonchev–Trinajstić information content (AvgIpc) is 2.70. The summed E-state index contributed by atoms with van der Waals surface area (Å²) in [6, 6.07) is 0.429. The number of aryl methyl sites for hydroxylation is 1. The summed E-state index contributed by atoms with van der Waals surface area (Å²) in [4.78, 5) is 17.6. The standard InChI is InChI=1S/C16H29N3OS/c1-10(2)18-13(20)8-9-17-11(3)14-12(4)19-15(21-14)16(5,6)7/h10-11,17H,8-9H2,1-7H3,(H,18,20). The summed E-state index contributed by atoms with van der Waals surface area (Å²) in [6.07, 6.45) is 0.506. The number of thiazole rings is 1. The third-order valence-corrected chi connectivity index (χ3v) is 4.89. The fourth-order valence-electron chi connectivity index (χ4n) is 2.02. The van der Waals surface area contributed by atoms with Gasteiger partial charge in [0.05, 0.1) is 10.7 Å². The van der Waals surface area contributed by atoms with Gasteiger partial charge in [-0.25, -0.2) is 4.98 Å². The largest absolute Gasteiger partial charge is 0.354 e. The highest BCUT2D eigenvalue weighted by Crippen LogP contribution is 2.32. The Morgan fingerprint density at radius 2 is 1.90 bits per heavy atom. The highest BCUT2D eigenvalue weighted by Gasteiger charge is 2.22. The van der Waals surface area contributed by atoms with E-state index in [1.807, 2.05) is 13.8 Å². The molecule has 5 heteroatoms. The second-order valence-corrected chi connectivity index (χ2v) is 7.90. The number of carbonyl (C=O) groups is 1. The highest BCUT2D eigenvalue weighted by atomic mass is 32.1. The first-order valence-electron chi connectivity index (χ1n) is 7.61. The van der Waals surface area contributed by atoms with E-state index in [2.05, 4.69) is 50.2 Å². The van der Waals surface area contributed by atoms with Crippen molar-refractivity contribution in [3.63, 3.8) is 0 Å². The number of nitrogens with one attached hydrogen (secondary N) is 2. The molecule has 1 unspecified atom stereocenters. The molecule has 4 nitrogen and oxygen atoms in total. The average molecular weight is 311 g/mol. The van der Waals surface area contributed by atoms with Crippen LogP contribution in [0.4, 0.5) is 0 Å². The van der Waals surface area contributed by atoms with Crippen molar-refractivity contribution >= 4 is 17.2 Å². The van der Waals surface area contributed by atoms with Crippen molar-refractivity contribution in [1.29, 1.82) is 0 Å². The van der Waals surface area contributed by atoms with Crippen molar-refractivity contribution in [2.45, 2.75) is 72.4 Å². The van der Waals surface area contributed by atoms with Crippen LogP contribution in [0.2, 0.25) is 0 Å². The van der Waals surface area contributed by atoms with Crippen LogP contribution in [0.5, 0.6) is 0 Å². The Bertz CT molecular complexity index is 474. The molecule has 0 aliphatic heterocycles. The van der Waals surface area contributed by atoms with Gasteiger partial charge in [0.25, 0.3) is 0 Å². The second kappa shape index (κ2) is 7.36. The molecular weight excluding hydrogens is 282 g/mol. The fraction of sp³-hybridized carbons (Fsp3) is 0.750. The summed E-state index contributed by atoms with van der Waals surface area (Å²) in [5.74, 6) is 0.0982. The van der Waals surface area contributed by atoms with E-state index in [-0.39, 0.29) is 23.4 Å². The molecule has 1 aromatic rings. The van der Waals surface area contributed by atoms with Gasteiger partial charge in [0.15, 0.2) is 0 Å². The molecular formula is C16H29N3OS. The number of rotatable bonds is 6. The highest BCUT2D eigenvalue weighted by molar-refractivity contribution is 7.12. The number of amides is 1. The van der Waals surface area contributed by atoms with E-state index in [0.717, 1.165) is 5.69 Å². The van der Waals surface area contributed by atoms with Crippen LogP contribution in [0.3, 0.4) is 0 Å². The number of hydrogen-bond acceptors (Lipinski definition) is 4. The molecule has 1 rings (SSSR count). The van der Waals surface area contributed by atoms with Gasteiger partial charge in [-0.2, -0.15) is 0 Å². The molecule has 0 aliphatic rings. The van der Waals surface area contributed by atoms with Crippen LogP contribution < -0.4 is 10.6 Å². The summed E-state index contributed by atoms with van der Waals surface area (Å²) < 4.78 is 0. The van der Waals surface area contributed by atoms with Gasteiger partial charge in [-0.05, 0) is 27.7 Å². The van der Waals surface area contributed by atoms with E-state index in [9.17, 15) is 4.79 Å². The number of carbonyl (C=O) groups excluding carboxylic acids is 1. The molecule has 0 radical (unpaired) electrons. The molecule has 0 aliphatic carbocycles. The lowest BCUT2D eigenvalue weighted by Crippen LogP contribution is -2.33. The van der Waals surface area contributed by atoms with Crippen molar-refractivity contribution in [3.05, 3.63) is 15.6 Å². The Labute approximate surface area is 132 Å². The summed E-state index contributed by atoms with van der Waals surface area (Å²) in [7, 11) is 0. The molecule has 1 heterocycles. The zero-order valence-corrected chi connectivity index (χ0v) is 15.1. The van der Waals surface area contributed by atoms with E-state index in [4.69, 9.17) is 0 Å². The van der Waals surface area contributed by atoms with Crippen molar-refractivity contribution < 1.29 is 4.79 Å². The minimum absolute atomic E-state index is 0.0878. The summed E-state index contributed by atoms with van der Waals surface area (Å²) >= 11 is 1.77. The minimum Gasteiger partial charge on any atom is -0.354 e. The zero-order chi connectivity index (χ0) is 16.2. The minimum atomic E-state index is 0.0878.